The molecule has 4 amide bonds. The molecule has 0 bridgehead atoms. The first kappa shape index (κ1) is 30.2. The zero-order chi connectivity index (χ0) is 31.4. The summed E-state index contributed by atoms with van der Waals surface area (Å²) in [4.78, 5) is 53.2. The average molecular weight is 626 g/mol. The molecule has 3 heterocycles. The monoisotopic (exact) mass is 625 g/mol. The van der Waals surface area contributed by atoms with Gasteiger partial charge in [0, 0.05) is 42.1 Å². The van der Waals surface area contributed by atoms with Crippen LogP contribution >= 0.6 is 11.6 Å². The molecule has 0 radical (unpaired) electrons. The van der Waals surface area contributed by atoms with Gasteiger partial charge in [-0.15, -0.1) is 0 Å². The van der Waals surface area contributed by atoms with Crippen molar-refractivity contribution < 1.29 is 32.7 Å². The number of alkyl halides is 2. The molecule has 2 atom stereocenters. The van der Waals surface area contributed by atoms with Crippen molar-refractivity contribution in [1.82, 2.24) is 15.1 Å². The number of allylic oxidation sites excluding steroid dienone is 1. The number of ether oxygens (including phenoxy) is 1. The number of nitrogens with one attached hydrogen (secondary N) is 1. The maximum atomic E-state index is 15.6. The lowest BCUT2D eigenvalue weighted by Gasteiger charge is -2.40. The number of hydrogen-bond donors (Lipinski definition) is 1. The topological polar surface area (TPSA) is 96.0 Å². The highest BCUT2D eigenvalue weighted by Crippen LogP contribution is 2.44. The van der Waals surface area contributed by atoms with Crippen molar-refractivity contribution >= 4 is 40.8 Å². The van der Waals surface area contributed by atoms with Crippen molar-refractivity contribution in [3.05, 3.63) is 69.8 Å². The van der Waals surface area contributed by atoms with Crippen LogP contribution in [0.4, 0.5) is 8.78 Å². The Balaban J connectivity index is 1.15. The molecule has 232 valence electrons. The molecule has 4 aliphatic rings. The van der Waals surface area contributed by atoms with Gasteiger partial charge in [-0.3, -0.25) is 24.5 Å². The van der Waals surface area contributed by atoms with E-state index in [1.165, 1.54) is 21.9 Å². The summed E-state index contributed by atoms with van der Waals surface area (Å²) in [6.45, 7) is 3.75. The van der Waals surface area contributed by atoms with Crippen LogP contribution in [0.3, 0.4) is 0 Å². The Kier molecular flexibility index (Phi) is 7.76. The third-order valence-corrected chi connectivity index (χ3v) is 9.37. The largest absolute Gasteiger partial charge is 0.484 e. The van der Waals surface area contributed by atoms with Gasteiger partial charge in [-0.2, -0.15) is 0 Å². The van der Waals surface area contributed by atoms with Gasteiger partial charge in [0.05, 0.1) is 6.54 Å². The van der Waals surface area contributed by atoms with Crippen molar-refractivity contribution in [2.75, 3.05) is 13.1 Å². The van der Waals surface area contributed by atoms with Gasteiger partial charge in [-0.05, 0) is 78.1 Å². The molecule has 2 aromatic rings. The molecular weight excluding hydrogens is 592 g/mol. The number of carbonyl (C=O) groups excluding carboxylic acids is 4. The molecule has 2 fully saturated rings. The Morgan fingerprint density at radius 1 is 1.05 bits per heavy atom. The second-order valence-corrected chi connectivity index (χ2v) is 13.3. The van der Waals surface area contributed by atoms with E-state index < -0.39 is 30.5 Å². The molecular formula is C33H34ClF2N3O5. The number of nitrogens with zero attached hydrogens (tertiary/aromatic N) is 2. The molecule has 8 nitrogen and oxygen atoms in total. The maximum Gasteiger partial charge on any atom is 0.301 e. The van der Waals surface area contributed by atoms with Gasteiger partial charge in [0.2, 0.25) is 17.7 Å². The highest BCUT2D eigenvalue weighted by Gasteiger charge is 2.49. The minimum absolute atomic E-state index is 0.0249. The van der Waals surface area contributed by atoms with Crippen LogP contribution in [0.5, 0.6) is 5.75 Å². The molecule has 2 saturated heterocycles. The van der Waals surface area contributed by atoms with Crippen LogP contribution in [0.1, 0.15) is 73.9 Å². The normalized spacial score (nSPS) is 24.7. The number of likely N-dealkylation sites (tertiary alicyclic amines) is 1. The first-order chi connectivity index (χ1) is 20.8. The highest BCUT2D eigenvalue weighted by molar-refractivity contribution is 6.30. The third kappa shape index (κ3) is 5.84. The summed E-state index contributed by atoms with van der Waals surface area (Å²) in [5.74, 6) is -4.73. The predicted molar refractivity (Wildman–Crippen MR) is 159 cm³/mol. The van der Waals surface area contributed by atoms with E-state index in [0.717, 1.165) is 17.6 Å². The van der Waals surface area contributed by atoms with Crippen molar-refractivity contribution in [3.8, 4) is 5.75 Å². The van der Waals surface area contributed by atoms with Crippen LogP contribution in [0, 0.1) is 5.41 Å². The fraction of sp³-hybridized carbons (Fsp3) is 0.455. The summed E-state index contributed by atoms with van der Waals surface area (Å²) >= 11 is 6.08. The zero-order valence-electron chi connectivity index (χ0n) is 24.6. The minimum Gasteiger partial charge on any atom is -0.484 e. The van der Waals surface area contributed by atoms with Crippen LogP contribution < -0.4 is 10.1 Å². The Labute approximate surface area is 259 Å². The molecule has 1 unspecified atom stereocenters. The number of halogens is 3. The summed E-state index contributed by atoms with van der Waals surface area (Å²) < 4.78 is 36.9. The SMILES string of the molecule is CC1(C)CCC(C(=O)N2CC[C@H](Oc3ccc4c(c3)CN(C3CCC(=O)NC3=O)C4=O)C(F)(F)C2)=C(c2ccc(Cl)cc2)C1. The Morgan fingerprint density at radius 3 is 2.50 bits per heavy atom. The van der Waals surface area contributed by atoms with E-state index in [9.17, 15) is 19.2 Å². The second-order valence-electron chi connectivity index (χ2n) is 12.9. The first-order valence-corrected chi connectivity index (χ1v) is 15.3. The summed E-state index contributed by atoms with van der Waals surface area (Å²) in [7, 11) is 0. The number of piperidine rings is 2. The van der Waals surface area contributed by atoms with Crippen molar-refractivity contribution in [1.29, 1.82) is 0 Å². The fourth-order valence-corrected chi connectivity index (χ4v) is 6.79. The van der Waals surface area contributed by atoms with Gasteiger partial charge in [0.1, 0.15) is 11.8 Å². The van der Waals surface area contributed by atoms with Gasteiger partial charge in [0.25, 0.3) is 5.91 Å². The lowest BCUT2D eigenvalue weighted by molar-refractivity contribution is -0.157. The number of imide groups is 1. The lowest BCUT2D eigenvalue weighted by Crippen LogP contribution is -2.55. The van der Waals surface area contributed by atoms with Crippen LogP contribution in [-0.2, 0) is 20.9 Å². The van der Waals surface area contributed by atoms with E-state index in [0.29, 0.717) is 34.6 Å². The van der Waals surface area contributed by atoms with Crippen molar-refractivity contribution in [3.63, 3.8) is 0 Å². The first-order valence-electron chi connectivity index (χ1n) is 14.9. The Hall–Kier alpha value is -3.79. The van der Waals surface area contributed by atoms with Crippen molar-refractivity contribution in [2.24, 2.45) is 5.41 Å². The van der Waals surface area contributed by atoms with E-state index >= 15 is 8.78 Å². The minimum atomic E-state index is -3.31. The summed E-state index contributed by atoms with van der Waals surface area (Å²) in [6, 6.07) is 11.1. The number of benzene rings is 2. The molecule has 1 aliphatic carbocycles. The van der Waals surface area contributed by atoms with Crippen LogP contribution in [0.2, 0.25) is 5.02 Å². The van der Waals surface area contributed by atoms with Gasteiger partial charge < -0.3 is 14.5 Å². The zero-order valence-corrected chi connectivity index (χ0v) is 25.4. The molecule has 0 aromatic heterocycles. The molecule has 44 heavy (non-hydrogen) atoms. The summed E-state index contributed by atoms with van der Waals surface area (Å²) in [5, 5.41) is 2.85. The van der Waals surface area contributed by atoms with Gasteiger partial charge in [0.15, 0.2) is 6.10 Å². The molecule has 1 N–H and O–H groups in total. The number of amides is 4. The molecule has 3 aliphatic heterocycles. The maximum absolute atomic E-state index is 15.6. The van der Waals surface area contributed by atoms with Crippen molar-refractivity contribution in [2.45, 2.75) is 77.0 Å². The number of rotatable bonds is 5. The molecule has 0 spiro atoms. The number of hydrogen-bond acceptors (Lipinski definition) is 5. The van der Waals surface area contributed by atoms with E-state index in [4.69, 9.17) is 16.3 Å². The number of fused-ring (bicyclic) bond motifs is 1. The predicted octanol–water partition coefficient (Wildman–Crippen LogP) is 5.38. The van der Waals surface area contributed by atoms with E-state index in [1.54, 1.807) is 18.2 Å². The van der Waals surface area contributed by atoms with Crippen LogP contribution in [0.15, 0.2) is 48.0 Å². The lowest BCUT2D eigenvalue weighted by atomic mass is 9.72. The van der Waals surface area contributed by atoms with Gasteiger partial charge in [-0.1, -0.05) is 37.6 Å². The molecule has 11 heteroatoms. The smallest absolute Gasteiger partial charge is 0.301 e. The van der Waals surface area contributed by atoms with Gasteiger partial charge in [-0.25, -0.2) is 8.78 Å². The molecule has 2 aromatic carbocycles. The standard InChI is InChI=1S/C33H34ClF2N3O5/c1-32(2)13-11-24(25(16-32)19-3-5-21(34)6-4-19)30(42)38-14-12-27(33(35,36)18-38)44-22-7-8-23-20(15-22)17-39(31(23)43)26-9-10-28(40)37-29(26)41/h3-8,15,26-27H,9-14,16-18H2,1-2H3,(H,37,40,41)/t26?,27-/m0/s1. The summed E-state index contributed by atoms with van der Waals surface area (Å²) in [6.07, 6.45) is 0.798. The third-order valence-electron chi connectivity index (χ3n) is 9.12. The average Bonchev–Trinajstić information content (AvgIpc) is 3.28. The molecule has 0 saturated carbocycles. The van der Waals surface area contributed by atoms with Crippen LogP contribution in [0.25, 0.3) is 5.57 Å². The summed E-state index contributed by atoms with van der Waals surface area (Å²) in [5.41, 5.74) is 3.24. The van der Waals surface area contributed by atoms with Crippen LogP contribution in [-0.4, -0.2) is 64.6 Å². The van der Waals surface area contributed by atoms with E-state index in [1.807, 2.05) is 12.1 Å². The molecule has 6 rings (SSSR count). The Morgan fingerprint density at radius 2 is 1.80 bits per heavy atom. The van der Waals surface area contributed by atoms with Gasteiger partial charge >= 0.3 is 5.92 Å². The van der Waals surface area contributed by atoms with E-state index in [2.05, 4.69) is 19.2 Å². The highest BCUT2D eigenvalue weighted by atomic mass is 35.5. The Bertz CT molecular complexity index is 1570. The number of carbonyl (C=O) groups is 4. The quantitative estimate of drug-likeness (QED) is 0.450. The fourth-order valence-electron chi connectivity index (χ4n) is 6.67. The second kappa shape index (κ2) is 11.3. The van der Waals surface area contributed by atoms with E-state index in [-0.39, 0.29) is 61.2 Å².